The lowest BCUT2D eigenvalue weighted by Gasteiger charge is -2.22. The van der Waals surface area contributed by atoms with E-state index in [1.807, 2.05) is 19.1 Å². The molecule has 1 saturated carbocycles. The van der Waals surface area contributed by atoms with Crippen LogP contribution in [-0.2, 0) is 6.42 Å². The summed E-state index contributed by atoms with van der Waals surface area (Å²) >= 11 is 0. The monoisotopic (exact) mass is 405 g/mol. The number of pyridine rings is 1. The van der Waals surface area contributed by atoms with Crippen LogP contribution in [-0.4, -0.2) is 41.4 Å². The third-order valence-corrected chi connectivity index (χ3v) is 6.05. The maximum atomic E-state index is 6.00. The van der Waals surface area contributed by atoms with Crippen LogP contribution in [0, 0.1) is 6.92 Å². The predicted molar refractivity (Wildman–Crippen MR) is 114 cm³/mol. The molecule has 1 fully saturated rings. The van der Waals surface area contributed by atoms with Gasteiger partial charge in [-0.05, 0) is 73.4 Å². The number of ether oxygens (including phenoxy) is 1. The van der Waals surface area contributed by atoms with Crippen molar-refractivity contribution in [3.8, 4) is 5.75 Å². The minimum atomic E-state index is 0.485. The summed E-state index contributed by atoms with van der Waals surface area (Å²) in [6.45, 7) is 2.65. The molecule has 1 aromatic carbocycles. The normalized spacial score (nSPS) is 15.2. The van der Waals surface area contributed by atoms with Gasteiger partial charge in [-0.3, -0.25) is 4.40 Å². The van der Waals surface area contributed by atoms with E-state index in [9.17, 15) is 0 Å². The van der Waals surface area contributed by atoms with Crippen LogP contribution in [0.1, 0.15) is 62.6 Å². The van der Waals surface area contributed by atoms with E-state index < -0.39 is 0 Å². The van der Waals surface area contributed by atoms with Gasteiger partial charge in [0, 0.05) is 11.8 Å². The van der Waals surface area contributed by atoms with Crippen molar-refractivity contribution in [3.63, 3.8) is 0 Å². The highest BCUT2D eigenvalue weighted by atomic mass is 16.5. The van der Waals surface area contributed by atoms with E-state index in [0.29, 0.717) is 12.6 Å². The standard InChI is InChI=1S/C22H27N7O/c1-16-23-24-21-13-10-17-15-19(11-12-20(17)28(16)21)30-14-6-5-9-22-25-26-27-29(22)18-7-3-2-4-8-18/h10-13,15,18H,2-9,14H2,1H3. The Kier molecular flexibility index (Phi) is 5.29. The second kappa shape index (κ2) is 8.38. The van der Waals surface area contributed by atoms with Gasteiger partial charge >= 0.3 is 0 Å². The zero-order chi connectivity index (χ0) is 20.3. The molecule has 0 N–H and O–H groups in total. The van der Waals surface area contributed by atoms with E-state index in [0.717, 1.165) is 53.2 Å². The Labute approximate surface area is 175 Å². The fraction of sp³-hybridized carbons (Fsp3) is 0.500. The summed E-state index contributed by atoms with van der Waals surface area (Å²) < 4.78 is 10.1. The van der Waals surface area contributed by atoms with Crippen LogP contribution in [0.4, 0.5) is 0 Å². The Bertz CT molecular complexity index is 1140. The predicted octanol–water partition coefficient (Wildman–Crippen LogP) is 4.08. The van der Waals surface area contributed by atoms with Crippen molar-refractivity contribution in [2.24, 2.45) is 0 Å². The molecule has 0 atom stereocenters. The molecule has 30 heavy (non-hydrogen) atoms. The summed E-state index contributed by atoms with van der Waals surface area (Å²) in [7, 11) is 0. The van der Waals surface area contributed by atoms with Crippen molar-refractivity contribution < 1.29 is 4.74 Å². The highest BCUT2D eigenvalue weighted by Crippen LogP contribution is 2.28. The molecule has 1 aliphatic carbocycles. The smallest absolute Gasteiger partial charge is 0.161 e. The molecule has 0 radical (unpaired) electrons. The minimum Gasteiger partial charge on any atom is -0.494 e. The zero-order valence-corrected chi connectivity index (χ0v) is 17.4. The number of benzene rings is 1. The average molecular weight is 406 g/mol. The van der Waals surface area contributed by atoms with Crippen LogP contribution in [0.5, 0.6) is 5.75 Å². The maximum absolute atomic E-state index is 6.00. The van der Waals surface area contributed by atoms with Crippen LogP contribution < -0.4 is 4.74 Å². The van der Waals surface area contributed by atoms with Crippen LogP contribution >= 0.6 is 0 Å². The summed E-state index contributed by atoms with van der Waals surface area (Å²) in [5.74, 6) is 2.79. The van der Waals surface area contributed by atoms with Gasteiger partial charge in [-0.25, -0.2) is 4.68 Å². The number of nitrogens with zero attached hydrogens (tertiary/aromatic N) is 7. The van der Waals surface area contributed by atoms with E-state index in [-0.39, 0.29) is 0 Å². The van der Waals surface area contributed by atoms with Gasteiger partial charge in [-0.2, -0.15) is 0 Å². The SMILES string of the molecule is Cc1nnc2ccc3cc(OCCCCc4nnnn4C4CCCCC4)ccc3n12. The Morgan fingerprint density at radius 1 is 1.00 bits per heavy atom. The fourth-order valence-electron chi connectivity index (χ4n) is 4.47. The fourth-order valence-corrected chi connectivity index (χ4v) is 4.47. The minimum absolute atomic E-state index is 0.485. The van der Waals surface area contributed by atoms with Crippen LogP contribution in [0.3, 0.4) is 0 Å². The first-order valence-electron chi connectivity index (χ1n) is 10.9. The molecule has 4 aromatic rings. The molecule has 0 bridgehead atoms. The van der Waals surface area contributed by atoms with Crippen molar-refractivity contribution in [3.05, 3.63) is 42.0 Å². The molecule has 0 unspecified atom stereocenters. The lowest BCUT2D eigenvalue weighted by Crippen LogP contribution is -2.17. The summed E-state index contributed by atoms with van der Waals surface area (Å²) in [5, 5.41) is 21.9. The highest BCUT2D eigenvalue weighted by Gasteiger charge is 2.19. The number of hydrogen-bond donors (Lipinski definition) is 0. The highest BCUT2D eigenvalue weighted by molar-refractivity contribution is 5.83. The first-order valence-corrected chi connectivity index (χ1v) is 10.9. The molecule has 0 saturated heterocycles. The number of aromatic nitrogens is 7. The first-order chi connectivity index (χ1) is 14.8. The van der Waals surface area contributed by atoms with E-state index in [4.69, 9.17) is 4.74 Å². The number of aryl methyl sites for hydroxylation is 2. The van der Waals surface area contributed by atoms with Crippen molar-refractivity contribution in [2.75, 3.05) is 6.61 Å². The van der Waals surface area contributed by atoms with Crippen molar-refractivity contribution >= 4 is 16.6 Å². The van der Waals surface area contributed by atoms with Gasteiger partial charge in [0.1, 0.15) is 11.6 Å². The third-order valence-electron chi connectivity index (χ3n) is 6.05. The largest absolute Gasteiger partial charge is 0.494 e. The molecule has 3 heterocycles. The molecule has 156 valence electrons. The number of unbranched alkanes of at least 4 members (excludes halogenated alkanes) is 1. The molecule has 1 aliphatic rings. The van der Waals surface area contributed by atoms with Crippen molar-refractivity contribution in [2.45, 2.75) is 64.3 Å². The topological polar surface area (TPSA) is 83.0 Å². The molecule has 0 aliphatic heterocycles. The Hall–Kier alpha value is -3.03. The van der Waals surface area contributed by atoms with Crippen molar-refractivity contribution in [1.29, 1.82) is 0 Å². The lowest BCUT2D eigenvalue weighted by atomic mass is 9.95. The van der Waals surface area contributed by atoms with Gasteiger partial charge in [0.2, 0.25) is 0 Å². The van der Waals surface area contributed by atoms with E-state index >= 15 is 0 Å². The quantitative estimate of drug-likeness (QED) is 0.431. The van der Waals surface area contributed by atoms with Gasteiger partial charge in [0.05, 0.1) is 18.2 Å². The zero-order valence-electron chi connectivity index (χ0n) is 17.4. The van der Waals surface area contributed by atoms with Gasteiger partial charge in [-0.1, -0.05) is 19.3 Å². The van der Waals surface area contributed by atoms with Crippen molar-refractivity contribution in [1.82, 2.24) is 34.8 Å². The summed E-state index contributed by atoms with van der Waals surface area (Å²) in [6.07, 6.45) is 9.19. The van der Waals surface area contributed by atoms with Gasteiger partial charge in [0.15, 0.2) is 11.5 Å². The Balaban J connectivity index is 1.16. The average Bonchev–Trinajstić information content (AvgIpc) is 3.41. The number of tetrazole rings is 1. The molecule has 8 nitrogen and oxygen atoms in total. The number of hydrogen-bond acceptors (Lipinski definition) is 6. The van der Waals surface area contributed by atoms with Gasteiger partial charge in [-0.15, -0.1) is 15.3 Å². The van der Waals surface area contributed by atoms with Crippen LogP contribution in [0.2, 0.25) is 0 Å². The van der Waals surface area contributed by atoms with Gasteiger partial charge in [0.25, 0.3) is 0 Å². The lowest BCUT2D eigenvalue weighted by molar-refractivity contribution is 0.301. The third kappa shape index (κ3) is 3.74. The molecular weight excluding hydrogens is 378 g/mol. The maximum Gasteiger partial charge on any atom is 0.161 e. The molecule has 8 heteroatoms. The van der Waals surface area contributed by atoms with E-state index in [2.05, 4.69) is 53.0 Å². The Morgan fingerprint density at radius 2 is 1.90 bits per heavy atom. The molecular formula is C22H27N7O. The summed E-state index contributed by atoms with van der Waals surface area (Å²) in [6, 6.07) is 10.7. The second-order valence-corrected chi connectivity index (χ2v) is 8.13. The number of rotatable bonds is 7. The molecule has 0 amide bonds. The summed E-state index contributed by atoms with van der Waals surface area (Å²) in [4.78, 5) is 0. The Morgan fingerprint density at radius 3 is 2.80 bits per heavy atom. The van der Waals surface area contributed by atoms with Crippen LogP contribution in [0.15, 0.2) is 30.3 Å². The molecule has 3 aromatic heterocycles. The first kappa shape index (κ1) is 19.0. The van der Waals surface area contributed by atoms with E-state index in [1.165, 1.54) is 32.1 Å². The van der Waals surface area contributed by atoms with E-state index in [1.54, 1.807) is 0 Å². The summed E-state index contributed by atoms with van der Waals surface area (Å²) in [5.41, 5.74) is 1.96. The molecule has 5 rings (SSSR count). The van der Waals surface area contributed by atoms with Crippen LogP contribution in [0.25, 0.3) is 16.6 Å². The number of fused-ring (bicyclic) bond motifs is 3. The second-order valence-electron chi connectivity index (χ2n) is 8.13. The molecule has 0 spiro atoms. The van der Waals surface area contributed by atoms with Gasteiger partial charge < -0.3 is 4.74 Å².